The largest absolute Gasteiger partial charge is 0.392 e. The molecule has 0 aliphatic rings. The smallest absolute Gasteiger partial charge is 0.240 e. The molecule has 1 heterocycles. The first-order chi connectivity index (χ1) is 9.01. The second kappa shape index (κ2) is 5.52. The molecule has 19 heavy (non-hydrogen) atoms. The highest BCUT2D eigenvalue weighted by Gasteiger charge is 2.14. The summed E-state index contributed by atoms with van der Waals surface area (Å²) in [5, 5.41) is 12.7. The van der Waals surface area contributed by atoms with Crippen LogP contribution in [0.2, 0.25) is 0 Å². The van der Waals surface area contributed by atoms with Gasteiger partial charge in [-0.2, -0.15) is 0 Å². The molecule has 0 aliphatic heterocycles. The van der Waals surface area contributed by atoms with Gasteiger partial charge in [0, 0.05) is 6.07 Å². The molecular weight excluding hydrogens is 268 g/mol. The number of nitrogens with one attached hydrogen (secondary N) is 1. The summed E-state index contributed by atoms with van der Waals surface area (Å²) in [7, 11) is -3.62. The Morgan fingerprint density at radius 1 is 1.37 bits per heavy atom. The normalized spacial score (nSPS) is 11.7. The zero-order valence-corrected chi connectivity index (χ0v) is 11.1. The van der Waals surface area contributed by atoms with Gasteiger partial charge in [0.05, 0.1) is 23.7 Å². The average molecular weight is 282 g/mol. The number of aryl methyl sites for hydroxylation is 1. The lowest BCUT2D eigenvalue weighted by atomic mass is 10.2. The van der Waals surface area contributed by atoms with Crippen LogP contribution in [0, 0.1) is 6.92 Å². The van der Waals surface area contributed by atoms with Crippen LogP contribution in [0.5, 0.6) is 0 Å². The molecule has 0 aliphatic carbocycles. The van der Waals surface area contributed by atoms with Crippen molar-refractivity contribution in [1.29, 1.82) is 0 Å². The fraction of sp³-hybridized carbons (Fsp3) is 0.250. The van der Waals surface area contributed by atoms with Crippen LogP contribution in [-0.4, -0.2) is 18.7 Å². The van der Waals surface area contributed by atoms with E-state index < -0.39 is 10.0 Å². The van der Waals surface area contributed by atoms with Crippen molar-refractivity contribution < 1.29 is 18.0 Å². The van der Waals surface area contributed by atoms with Crippen LogP contribution in [0.15, 0.2) is 39.8 Å². The number of hydrogen-bond donors (Lipinski definition) is 2. The number of rotatable bonds is 5. The molecule has 1 aromatic carbocycles. The Hall–Kier alpha value is -1.70. The molecule has 102 valence electrons. The van der Waals surface area contributed by atoms with Crippen LogP contribution in [0.25, 0.3) is 0 Å². The molecule has 1 aromatic heterocycles. The Balaban J connectivity index is 2.13. The standard InChI is InChI=1S/C12H14N2O4S/c1-9-5-11(14-18-9)7-13-19(16,17)12-4-2-3-10(6-12)8-15/h2-6,13,15H,7-8H2,1H3. The van der Waals surface area contributed by atoms with Crippen LogP contribution in [-0.2, 0) is 23.2 Å². The van der Waals surface area contributed by atoms with E-state index in [-0.39, 0.29) is 18.0 Å². The number of hydrogen-bond acceptors (Lipinski definition) is 5. The minimum atomic E-state index is -3.62. The molecule has 0 amide bonds. The van der Waals surface area contributed by atoms with Crippen LogP contribution < -0.4 is 4.72 Å². The van der Waals surface area contributed by atoms with Crippen molar-refractivity contribution in [3.05, 3.63) is 47.3 Å². The van der Waals surface area contributed by atoms with Crippen molar-refractivity contribution in [2.24, 2.45) is 0 Å². The highest BCUT2D eigenvalue weighted by Crippen LogP contribution is 2.12. The van der Waals surface area contributed by atoms with Gasteiger partial charge in [0.15, 0.2) is 0 Å². The Bertz CT molecular complexity index is 664. The number of aromatic nitrogens is 1. The lowest BCUT2D eigenvalue weighted by Gasteiger charge is -2.06. The molecule has 0 fully saturated rings. The minimum Gasteiger partial charge on any atom is -0.392 e. The summed E-state index contributed by atoms with van der Waals surface area (Å²) in [6.07, 6.45) is 0. The molecule has 0 spiro atoms. The second-order valence-electron chi connectivity index (χ2n) is 4.06. The molecule has 7 heteroatoms. The van der Waals surface area contributed by atoms with E-state index in [0.29, 0.717) is 17.0 Å². The van der Waals surface area contributed by atoms with Crippen molar-refractivity contribution >= 4 is 10.0 Å². The molecule has 0 radical (unpaired) electrons. The topological polar surface area (TPSA) is 92.4 Å². The summed E-state index contributed by atoms with van der Waals surface area (Å²) in [5.74, 6) is 0.622. The molecule has 0 atom stereocenters. The van der Waals surface area contributed by atoms with E-state index in [9.17, 15) is 8.42 Å². The molecule has 2 aromatic rings. The fourth-order valence-electron chi connectivity index (χ4n) is 1.56. The van der Waals surface area contributed by atoms with Crippen LogP contribution in [0.3, 0.4) is 0 Å². The molecule has 6 nitrogen and oxygen atoms in total. The first-order valence-corrected chi connectivity index (χ1v) is 7.11. The highest BCUT2D eigenvalue weighted by atomic mass is 32.2. The first kappa shape index (κ1) is 13.7. The van der Waals surface area contributed by atoms with E-state index in [1.807, 2.05) is 0 Å². The highest BCUT2D eigenvalue weighted by molar-refractivity contribution is 7.89. The summed E-state index contributed by atoms with van der Waals surface area (Å²) in [6, 6.07) is 7.79. The summed E-state index contributed by atoms with van der Waals surface area (Å²) in [4.78, 5) is 0.110. The van der Waals surface area contributed by atoms with Crippen molar-refractivity contribution in [2.75, 3.05) is 0 Å². The van der Waals surface area contributed by atoms with E-state index in [1.54, 1.807) is 25.1 Å². The van der Waals surface area contributed by atoms with Crippen molar-refractivity contribution in [1.82, 2.24) is 9.88 Å². The van der Waals surface area contributed by atoms with Crippen LogP contribution >= 0.6 is 0 Å². The molecule has 2 rings (SSSR count). The number of nitrogens with zero attached hydrogens (tertiary/aromatic N) is 1. The first-order valence-electron chi connectivity index (χ1n) is 5.63. The van der Waals surface area contributed by atoms with E-state index in [1.165, 1.54) is 12.1 Å². The predicted octanol–water partition coefficient (Wildman–Crippen LogP) is 0.954. The van der Waals surface area contributed by atoms with Crippen LogP contribution in [0.1, 0.15) is 17.0 Å². The quantitative estimate of drug-likeness (QED) is 0.852. The van der Waals surface area contributed by atoms with Gasteiger partial charge in [-0.1, -0.05) is 17.3 Å². The lowest BCUT2D eigenvalue weighted by Crippen LogP contribution is -2.23. The average Bonchev–Trinajstić information content (AvgIpc) is 2.82. The van der Waals surface area contributed by atoms with Gasteiger partial charge in [0.2, 0.25) is 10.0 Å². The van der Waals surface area contributed by atoms with E-state index >= 15 is 0 Å². The van der Waals surface area contributed by atoms with Crippen LogP contribution in [0.4, 0.5) is 0 Å². The van der Waals surface area contributed by atoms with Gasteiger partial charge < -0.3 is 9.63 Å². The van der Waals surface area contributed by atoms with Gasteiger partial charge in [-0.05, 0) is 24.6 Å². The second-order valence-corrected chi connectivity index (χ2v) is 5.83. The Morgan fingerprint density at radius 2 is 2.16 bits per heavy atom. The Morgan fingerprint density at radius 3 is 2.79 bits per heavy atom. The Kier molecular flexibility index (Phi) is 3.98. The molecule has 0 bridgehead atoms. The number of aliphatic hydroxyl groups excluding tert-OH is 1. The minimum absolute atomic E-state index is 0.0586. The van der Waals surface area contributed by atoms with Crippen molar-refractivity contribution in [3.63, 3.8) is 0 Å². The van der Waals surface area contributed by atoms with Gasteiger partial charge in [0.1, 0.15) is 5.76 Å². The zero-order valence-electron chi connectivity index (χ0n) is 10.3. The van der Waals surface area contributed by atoms with E-state index in [0.717, 1.165) is 0 Å². The maximum Gasteiger partial charge on any atom is 0.240 e. The van der Waals surface area contributed by atoms with Gasteiger partial charge in [-0.15, -0.1) is 0 Å². The molecule has 2 N–H and O–H groups in total. The monoisotopic (exact) mass is 282 g/mol. The molecule has 0 saturated heterocycles. The molecule has 0 saturated carbocycles. The van der Waals surface area contributed by atoms with Crippen molar-refractivity contribution in [2.45, 2.75) is 25.0 Å². The predicted molar refractivity (Wildman–Crippen MR) is 67.6 cm³/mol. The lowest BCUT2D eigenvalue weighted by molar-refractivity contribution is 0.281. The summed E-state index contributed by atoms with van der Waals surface area (Å²) in [5.41, 5.74) is 1.06. The van der Waals surface area contributed by atoms with Gasteiger partial charge in [-0.25, -0.2) is 13.1 Å². The summed E-state index contributed by atoms with van der Waals surface area (Å²) < 4.78 is 31.3. The molecule has 0 unspecified atom stereocenters. The third-order valence-electron chi connectivity index (χ3n) is 2.51. The zero-order chi connectivity index (χ0) is 13.9. The van der Waals surface area contributed by atoms with Gasteiger partial charge in [-0.3, -0.25) is 0 Å². The molecular formula is C12H14N2O4S. The summed E-state index contributed by atoms with van der Waals surface area (Å²) in [6.45, 7) is 1.59. The van der Waals surface area contributed by atoms with E-state index in [4.69, 9.17) is 9.63 Å². The maximum atomic E-state index is 12.0. The van der Waals surface area contributed by atoms with Gasteiger partial charge >= 0.3 is 0 Å². The maximum absolute atomic E-state index is 12.0. The van der Waals surface area contributed by atoms with E-state index in [2.05, 4.69) is 9.88 Å². The number of aliphatic hydroxyl groups is 1. The SMILES string of the molecule is Cc1cc(CNS(=O)(=O)c2cccc(CO)c2)no1. The number of sulfonamides is 1. The Labute approximate surface area is 111 Å². The third-order valence-corrected chi connectivity index (χ3v) is 3.91. The third kappa shape index (κ3) is 3.40. The van der Waals surface area contributed by atoms with Crippen molar-refractivity contribution in [3.8, 4) is 0 Å². The van der Waals surface area contributed by atoms with Gasteiger partial charge in [0.25, 0.3) is 0 Å². The number of benzene rings is 1. The summed E-state index contributed by atoms with van der Waals surface area (Å²) >= 11 is 0. The fourth-order valence-corrected chi connectivity index (χ4v) is 2.63.